The third-order valence-corrected chi connectivity index (χ3v) is 3.70. The summed E-state index contributed by atoms with van der Waals surface area (Å²) >= 11 is 6.07. The Balaban J connectivity index is 1.95. The number of ether oxygens (including phenoxy) is 2. The molecule has 3 nitrogen and oxygen atoms in total. The topological polar surface area (TPSA) is 30.5 Å². The minimum Gasteiger partial charge on any atom is -0.491 e. The molecular formula is C16H24ClNO2. The first-order valence-corrected chi connectivity index (χ1v) is 7.72. The monoisotopic (exact) mass is 297 g/mol. The van der Waals surface area contributed by atoms with Gasteiger partial charge in [-0.05, 0) is 38.0 Å². The first kappa shape index (κ1) is 15.6. The van der Waals surface area contributed by atoms with E-state index in [-0.39, 0.29) is 6.10 Å². The van der Waals surface area contributed by atoms with Gasteiger partial charge in [0, 0.05) is 23.2 Å². The van der Waals surface area contributed by atoms with Crippen molar-refractivity contribution in [2.45, 2.75) is 58.4 Å². The second kappa shape index (κ2) is 7.30. The van der Waals surface area contributed by atoms with Gasteiger partial charge in [-0.15, -0.1) is 0 Å². The Labute approximate surface area is 126 Å². The van der Waals surface area contributed by atoms with Crippen molar-refractivity contribution in [1.82, 2.24) is 5.32 Å². The van der Waals surface area contributed by atoms with E-state index in [2.05, 4.69) is 26.1 Å². The van der Waals surface area contributed by atoms with Crippen molar-refractivity contribution >= 4 is 11.6 Å². The van der Waals surface area contributed by atoms with Gasteiger partial charge in [-0.1, -0.05) is 25.4 Å². The lowest BCUT2D eigenvalue weighted by molar-refractivity contribution is 0.0262. The summed E-state index contributed by atoms with van der Waals surface area (Å²) in [7, 11) is 0. The summed E-state index contributed by atoms with van der Waals surface area (Å²) in [6.07, 6.45) is 2.77. The lowest BCUT2D eigenvalue weighted by Gasteiger charge is -2.17. The van der Waals surface area contributed by atoms with E-state index in [9.17, 15) is 0 Å². The highest BCUT2D eigenvalue weighted by Gasteiger charge is 2.22. The van der Waals surface area contributed by atoms with Crippen LogP contribution in [0.5, 0.6) is 5.75 Å². The van der Waals surface area contributed by atoms with E-state index in [1.54, 1.807) is 0 Å². The average molecular weight is 298 g/mol. The molecule has 2 atom stereocenters. The zero-order chi connectivity index (χ0) is 14.5. The van der Waals surface area contributed by atoms with Crippen LogP contribution in [0.2, 0.25) is 5.02 Å². The SMILES string of the molecule is CC(C)NCc1cc(Cl)ccc1OCC1CCC(C)O1. The lowest BCUT2D eigenvalue weighted by atomic mass is 10.2. The molecule has 1 N–H and O–H groups in total. The van der Waals surface area contributed by atoms with Crippen molar-refractivity contribution in [3.63, 3.8) is 0 Å². The second-order valence-electron chi connectivity index (χ2n) is 5.74. The summed E-state index contributed by atoms with van der Waals surface area (Å²) in [5.74, 6) is 0.894. The average Bonchev–Trinajstić information content (AvgIpc) is 2.81. The predicted molar refractivity (Wildman–Crippen MR) is 82.5 cm³/mol. The van der Waals surface area contributed by atoms with Gasteiger partial charge in [0.2, 0.25) is 0 Å². The number of hydrogen-bond acceptors (Lipinski definition) is 3. The first-order valence-electron chi connectivity index (χ1n) is 7.34. The minimum absolute atomic E-state index is 0.214. The van der Waals surface area contributed by atoms with Crippen LogP contribution in [0.15, 0.2) is 18.2 Å². The molecule has 0 radical (unpaired) electrons. The number of rotatable bonds is 6. The summed E-state index contributed by atoms with van der Waals surface area (Å²) in [5.41, 5.74) is 1.09. The third-order valence-electron chi connectivity index (χ3n) is 3.47. The van der Waals surface area contributed by atoms with Crippen molar-refractivity contribution < 1.29 is 9.47 Å². The molecule has 1 fully saturated rings. The van der Waals surface area contributed by atoms with Crippen LogP contribution in [-0.2, 0) is 11.3 Å². The summed E-state index contributed by atoms with van der Waals surface area (Å²) < 4.78 is 11.7. The van der Waals surface area contributed by atoms with E-state index in [0.29, 0.717) is 18.8 Å². The summed E-state index contributed by atoms with van der Waals surface area (Å²) in [4.78, 5) is 0. The Morgan fingerprint density at radius 1 is 1.40 bits per heavy atom. The smallest absolute Gasteiger partial charge is 0.124 e. The van der Waals surface area contributed by atoms with E-state index in [4.69, 9.17) is 21.1 Å². The summed E-state index contributed by atoms with van der Waals surface area (Å²) in [5, 5.41) is 4.13. The quantitative estimate of drug-likeness (QED) is 0.867. The van der Waals surface area contributed by atoms with Crippen molar-refractivity contribution in [3.05, 3.63) is 28.8 Å². The highest BCUT2D eigenvalue weighted by molar-refractivity contribution is 6.30. The molecule has 1 aromatic carbocycles. The molecule has 0 aliphatic carbocycles. The van der Waals surface area contributed by atoms with Crippen molar-refractivity contribution in [1.29, 1.82) is 0 Å². The first-order chi connectivity index (χ1) is 9.54. The van der Waals surface area contributed by atoms with Gasteiger partial charge >= 0.3 is 0 Å². The Morgan fingerprint density at radius 3 is 2.85 bits per heavy atom. The van der Waals surface area contributed by atoms with E-state index in [1.165, 1.54) is 0 Å². The van der Waals surface area contributed by atoms with Gasteiger partial charge in [-0.2, -0.15) is 0 Å². The van der Waals surface area contributed by atoms with Crippen LogP contribution in [0.3, 0.4) is 0 Å². The van der Waals surface area contributed by atoms with Crippen LogP contribution in [0, 0.1) is 0 Å². The standard InChI is InChI=1S/C16H24ClNO2/c1-11(2)18-9-13-8-14(17)5-7-16(13)19-10-15-6-4-12(3)20-15/h5,7-8,11-12,15,18H,4,6,9-10H2,1-3H3. The number of halogens is 1. The molecule has 1 aliphatic heterocycles. The second-order valence-corrected chi connectivity index (χ2v) is 6.18. The fraction of sp³-hybridized carbons (Fsp3) is 0.625. The van der Waals surface area contributed by atoms with Crippen LogP contribution in [0.4, 0.5) is 0 Å². The van der Waals surface area contributed by atoms with Gasteiger partial charge in [-0.3, -0.25) is 0 Å². The van der Waals surface area contributed by atoms with Crippen molar-refractivity contribution in [2.24, 2.45) is 0 Å². The Morgan fingerprint density at radius 2 is 2.20 bits per heavy atom. The molecule has 1 aliphatic rings. The molecule has 4 heteroatoms. The molecule has 1 saturated heterocycles. The molecular weight excluding hydrogens is 274 g/mol. The number of nitrogens with one attached hydrogen (secondary N) is 1. The Kier molecular flexibility index (Phi) is 5.70. The molecule has 2 rings (SSSR count). The van der Waals surface area contributed by atoms with Gasteiger partial charge in [0.05, 0.1) is 12.2 Å². The molecule has 1 aromatic rings. The normalized spacial score (nSPS) is 22.4. The van der Waals surface area contributed by atoms with Gasteiger partial charge in [0.1, 0.15) is 12.4 Å². The highest BCUT2D eigenvalue weighted by atomic mass is 35.5. The fourth-order valence-electron chi connectivity index (χ4n) is 2.33. The minimum atomic E-state index is 0.214. The van der Waals surface area contributed by atoms with Gasteiger partial charge < -0.3 is 14.8 Å². The van der Waals surface area contributed by atoms with Crippen LogP contribution >= 0.6 is 11.6 Å². The molecule has 0 aromatic heterocycles. The van der Waals surface area contributed by atoms with Crippen molar-refractivity contribution in [3.8, 4) is 5.75 Å². The van der Waals surface area contributed by atoms with Crippen LogP contribution in [-0.4, -0.2) is 24.9 Å². The van der Waals surface area contributed by atoms with Crippen LogP contribution in [0.1, 0.15) is 39.2 Å². The molecule has 0 amide bonds. The lowest BCUT2D eigenvalue weighted by Crippen LogP contribution is -2.23. The summed E-state index contributed by atoms with van der Waals surface area (Å²) in [6, 6.07) is 6.21. The zero-order valence-corrected chi connectivity index (χ0v) is 13.2. The maximum atomic E-state index is 6.07. The third kappa shape index (κ3) is 4.65. The number of benzene rings is 1. The molecule has 0 spiro atoms. The van der Waals surface area contributed by atoms with Crippen molar-refractivity contribution in [2.75, 3.05) is 6.61 Å². The van der Waals surface area contributed by atoms with Gasteiger partial charge in [0.25, 0.3) is 0 Å². The van der Waals surface area contributed by atoms with E-state index < -0.39 is 0 Å². The maximum absolute atomic E-state index is 6.07. The van der Waals surface area contributed by atoms with E-state index in [0.717, 1.165) is 35.7 Å². The van der Waals surface area contributed by atoms with E-state index in [1.807, 2.05) is 18.2 Å². The Bertz CT molecular complexity index is 436. The maximum Gasteiger partial charge on any atom is 0.124 e. The highest BCUT2D eigenvalue weighted by Crippen LogP contribution is 2.25. The number of hydrogen-bond donors (Lipinski definition) is 1. The molecule has 112 valence electrons. The predicted octanol–water partition coefficient (Wildman–Crippen LogP) is 3.78. The van der Waals surface area contributed by atoms with Gasteiger partial charge in [0.15, 0.2) is 0 Å². The molecule has 1 heterocycles. The fourth-order valence-corrected chi connectivity index (χ4v) is 2.53. The Hall–Kier alpha value is -0.770. The van der Waals surface area contributed by atoms with E-state index >= 15 is 0 Å². The zero-order valence-electron chi connectivity index (χ0n) is 12.5. The molecule has 20 heavy (non-hydrogen) atoms. The van der Waals surface area contributed by atoms with Crippen LogP contribution in [0.25, 0.3) is 0 Å². The molecule has 0 saturated carbocycles. The summed E-state index contributed by atoms with van der Waals surface area (Å²) in [6.45, 7) is 7.73. The van der Waals surface area contributed by atoms with Crippen LogP contribution < -0.4 is 10.1 Å². The largest absolute Gasteiger partial charge is 0.491 e. The molecule has 0 bridgehead atoms. The van der Waals surface area contributed by atoms with Gasteiger partial charge in [-0.25, -0.2) is 0 Å². The molecule has 2 unspecified atom stereocenters.